The van der Waals surface area contributed by atoms with Gasteiger partial charge in [0.15, 0.2) is 5.78 Å². The summed E-state index contributed by atoms with van der Waals surface area (Å²) >= 11 is 0. The lowest BCUT2D eigenvalue weighted by Gasteiger charge is -2.39. The zero-order chi connectivity index (χ0) is 26.7. The van der Waals surface area contributed by atoms with Gasteiger partial charge in [-0.2, -0.15) is 0 Å². The van der Waals surface area contributed by atoms with E-state index in [1.54, 1.807) is 39.0 Å². The number of carbonyl (C=O) groups is 3. The minimum atomic E-state index is -1.15. The van der Waals surface area contributed by atoms with Gasteiger partial charge in [0, 0.05) is 28.8 Å². The fourth-order valence-electron chi connectivity index (χ4n) is 5.27. The Labute approximate surface area is 215 Å². The molecule has 0 radical (unpaired) electrons. The Morgan fingerprint density at radius 2 is 1.70 bits per heavy atom. The standard InChI is InChI=1S/C29H30FNO6/c1-5-36-28(33)23-16(3)31-21-15-20(19-9-7-8-10-22(19)35-4)25(29(34)37-6-2)27(32)26(21)24(23)17-11-13-18(30)14-12-17/h7-14,20,24-25,31H,5-6,15H2,1-4H3/t20-,24+,25+/m0/s1. The number of ketones is 1. The van der Waals surface area contributed by atoms with Gasteiger partial charge in [-0.25, -0.2) is 9.18 Å². The van der Waals surface area contributed by atoms with Crippen molar-refractivity contribution in [3.05, 3.63) is 88.0 Å². The van der Waals surface area contributed by atoms with Gasteiger partial charge in [0.25, 0.3) is 0 Å². The van der Waals surface area contributed by atoms with Crippen LogP contribution in [0.1, 0.15) is 50.2 Å². The Hall–Kier alpha value is -3.94. The van der Waals surface area contributed by atoms with Crippen molar-refractivity contribution < 1.29 is 33.0 Å². The van der Waals surface area contributed by atoms with E-state index < -0.39 is 41.3 Å². The van der Waals surface area contributed by atoms with Crippen molar-refractivity contribution in [2.45, 2.75) is 39.0 Å². The van der Waals surface area contributed by atoms with Crippen LogP contribution in [0.5, 0.6) is 5.75 Å². The number of carbonyl (C=O) groups excluding carboxylic acids is 3. The number of rotatable bonds is 7. The Balaban J connectivity index is 1.91. The monoisotopic (exact) mass is 507 g/mol. The highest BCUT2D eigenvalue weighted by Crippen LogP contribution is 2.49. The zero-order valence-electron chi connectivity index (χ0n) is 21.3. The first-order valence-corrected chi connectivity index (χ1v) is 12.3. The van der Waals surface area contributed by atoms with Crippen LogP contribution in [-0.4, -0.2) is 38.0 Å². The molecule has 1 aliphatic heterocycles. The first-order valence-electron chi connectivity index (χ1n) is 12.3. The number of methoxy groups -OCH3 is 1. The van der Waals surface area contributed by atoms with Crippen LogP contribution in [0.3, 0.4) is 0 Å². The molecule has 1 N–H and O–H groups in total. The number of allylic oxidation sites excluding steroid dienone is 3. The van der Waals surface area contributed by atoms with Gasteiger partial charge in [-0.1, -0.05) is 30.3 Å². The van der Waals surface area contributed by atoms with E-state index in [0.29, 0.717) is 34.7 Å². The predicted octanol–water partition coefficient (Wildman–Crippen LogP) is 4.55. The van der Waals surface area contributed by atoms with Crippen LogP contribution in [0.4, 0.5) is 4.39 Å². The number of hydrogen-bond acceptors (Lipinski definition) is 7. The van der Waals surface area contributed by atoms with Gasteiger partial charge in [-0.15, -0.1) is 0 Å². The van der Waals surface area contributed by atoms with Gasteiger partial charge >= 0.3 is 11.9 Å². The lowest BCUT2D eigenvalue weighted by Crippen LogP contribution is -2.43. The highest BCUT2D eigenvalue weighted by atomic mass is 19.1. The molecule has 37 heavy (non-hydrogen) atoms. The second-order valence-electron chi connectivity index (χ2n) is 8.91. The van der Waals surface area contributed by atoms with E-state index in [1.807, 2.05) is 18.2 Å². The summed E-state index contributed by atoms with van der Waals surface area (Å²) in [6, 6.07) is 12.9. The molecular weight excluding hydrogens is 477 g/mol. The number of dihydropyridines is 1. The highest BCUT2D eigenvalue weighted by Gasteiger charge is 2.49. The van der Waals surface area contributed by atoms with Gasteiger partial charge in [-0.3, -0.25) is 9.59 Å². The molecule has 2 aromatic rings. The number of para-hydroxylation sites is 1. The number of hydrogen-bond donors (Lipinski definition) is 1. The number of Topliss-reactive ketones (excluding diaryl/α,β-unsaturated/α-hetero) is 1. The lowest BCUT2D eigenvalue weighted by atomic mass is 9.67. The average molecular weight is 508 g/mol. The summed E-state index contributed by atoms with van der Waals surface area (Å²) in [7, 11) is 1.54. The molecule has 1 aliphatic carbocycles. The molecule has 4 rings (SSSR count). The summed E-state index contributed by atoms with van der Waals surface area (Å²) in [6.45, 7) is 5.38. The van der Waals surface area contributed by atoms with Crippen LogP contribution >= 0.6 is 0 Å². The number of nitrogens with one attached hydrogen (secondary N) is 1. The molecule has 0 amide bonds. The second kappa shape index (κ2) is 11.0. The second-order valence-corrected chi connectivity index (χ2v) is 8.91. The molecule has 0 fully saturated rings. The van der Waals surface area contributed by atoms with Crippen LogP contribution in [-0.2, 0) is 23.9 Å². The molecule has 0 bridgehead atoms. The fourth-order valence-corrected chi connectivity index (χ4v) is 5.27. The number of esters is 2. The van der Waals surface area contributed by atoms with Crippen LogP contribution in [0.25, 0.3) is 0 Å². The SMILES string of the molecule is CCOC(=O)C1=C(C)NC2=C(C(=O)[C@H](C(=O)OCC)[C@H](c3ccccc3OC)C2)[C@@H]1c1ccc(F)cc1. The van der Waals surface area contributed by atoms with E-state index in [0.717, 1.165) is 0 Å². The quantitative estimate of drug-likeness (QED) is 0.434. The summed E-state index contributed by atoms with van der Waals surface area (Å²) in [5, 5.41) is 3.25. The summed E-state index contributed by atoms with van der Waals surface area (Å²) in [5.41, 5.74) is 2.92. The van der Waals surface area contributed by atoms with E-state index in [9.17, 15) is 18.8 Å². The van der Waals surface area contributed by atoms with Gasteiger partial charge in [0.1, 0.15) is 17.5 Å². The maximum Gasteiger partial charge on any atom is 0.336 e. The lowest BCUT2D eigenvalue weighted by molar-refractivity contribution is -0.152. The molecule has 0 saturated heterocycles. The van der Waals surface area contributed by atoms with E-state index in [4.69, 9.17) is 14.2 Å². The van der Waals surface area contributed by atoms with Crippen molar-refractivity contribution in [2.75, 3.05) is 20.3 Å². The minimum Gasteiger partial charge on any atom is -0.496 e. The number of ether oxygens (including phenoxy) is 3. The Morgan fingerprint density at radius 3 is 2.35 bits per heavy atom. The van der Waals surface area contributed by atoms with Crippen LogP contribution < -0.4 is 10.1 Å². The minimum absolute atomic E-state index is 0.111. The molecule has 8 heteroatoms. The largest absolute Gasteiger partial charge is 0.496 e. The molecule has 0 unspecified atom stereocenters. The Kier molecular flexibility index (Phi) is 7.76. The summed E-state index contributed by atoms with van der Waals surface area (Å²) in [5.74, 6) is -4.10. The zero-order valence-corrected chi connectivity index (χ0v) is 21.3. The average Bonchev–Trinajstić information content (AvgIpc) is 2.88. The molecule has 194 valence electrons. The Bertz CT molecular complexity index is 1280. The van der Waals surface area contributed by atoms with Gasteiger partial charge in [-0.05, 0) is 56.5 Å². The van der Waals surface area contributed by atoms with Crippen LogP contribution in [0.2, 0.25) is 0 Å². The molecule has 0 spiro atoms. The van der Waals surface area contributed by atoms with Gasteiger partial charge in [0.2, 0.25) is 0 Å². The molecule has 0 aromatic heterocycles. The third-order valence-electron chi connectivity index (χ3n) is 6.80. The van der Waals surface area contributed by atoms with Crippen molar-refractivity contribution in [1.82, 2.24) is 5.32 Å². The molecule has 2 aliphatic rings. The smallest absolute Gasteiger partial charge is 0.336 e. The molecule has 0 saturated carbocycles. The molecule has 7 nitrogen and oxygen atoms in total. The molecule has 2 aromatic carbocycles. The molecular formula is C29H30FNO6. The van der Waals surface area contributed by atoms with E-state index in [2.05, 4.69) is 5.32 Å². The van der Waals surface area contributed by atoms with Gasteiger partial charge < -0.3 is 19.5 Å². The topological polar surface area (TPSA) is 90.9 Å². The highest BCUT2D eigenvalue weighted by molar-refractivity contribution is 6.13. The fraction of sp³-hybridized carbons (Fsp3) is 0.345. The van der Waals surface area contributed by atoms with Crippen molar-refractivity contribution in [2.24, 2.45) is 5.92 Å². The third-order valence-corrected chi connectivity index (χ3v) is 6.80. The van der Waals surface area contributed by atoms with Crippen molar-refractivity contribution in [3.8, 4) is 5.75 Å². The third kappa shape index (κ3) is 4.88. The number of benzene rings is 2. The summed E-state index contributed by atoms with van der Waals surface area (Å²) in [6.07, 6.45) is 0.302. The maximum atomic E-state index is 14.3. The maximum absolute atomic E-state index is 14.3. The summed E-state index contributed by atoms with van der Waals surface area (Å²) in [4.78, 5) is 40.6. The first-order chi connectivity index (χ1) is 17.8. The van der Waals surface area contributed by atoms with E-state index in [1.165, 1.54) is 19.2 Å². The number of halogens is 1. The van der Waals surface area contributed by atoms with Crippen molar-refractivity contribution in [1.29, 1.82) is 0 Å². The molecule has 1 heterocycles. The van der Waals surface area contributed by atoms with Crippen molar-refractivity contribution in [3.63, 3.8) is 0 Å². The first kappa shape index (κ1) is 26.1. The summed E-state index contributed by atoms with van der Waals surface area (Å²) < 4.78 is 30.0. The molecule has 3 atom stereocenters. The van der Waals surface area contributed by atoms with Crippen molar-refractivity contribution >= 4 is 17.7 Å². The predicted molar refractivity (Wildman–Crippen MR) is 134 cm³/mol. The van der Waals surface area contributed by atoms with E-state index in [-0.39, 0.29) is 24.4 Å². The van der Waals surface area contributed by atoms with E-state index >= 15 is 0 Å². The van der Waals surface area contributed by atoms with Crippen LogP contribution in [0.15, 0.2) is 71.1 Å². The van der Waals surface area contributed by atoms with Gasteiger partial charge in [0.05, 0.1) is 25.9 Å². The normalized spacial score (nSPS) is 21.2. The van der Waals surface area contributed by atoms with Crippen LogP contribution in [0, 0.1) is 11.7 Å². The Morgan fingerprint density at radius 1 is 1.03 bits per heavy atom.